The highest BCUT2D eigenvalue weighted by atomic mass is 32.2. The van der Waals surface area contributed by atoms with Crippen LogP contribution in [-0.2, 0) is 10.0 Å². The number of nitrogens with two attached hydrogens (primary N) is 1. The van der Waals surface area contributed by atoms with Crippen molar-refractivity contribution in [3.8, 4) is 0 Å². The molecule has 22 heavy (non-hydrogen) atoms. The maximum atomic E-state index is 12.7. The molecule has 0 bridgehead atoms. The zero-order valence-electron chi connectivity index (χ0n) is 13.5. The molecule has 0 radical (unpaired) electrons. The lowest BCUT2D eigenvalue weighted by Crippen LogP contribution is -2.50. The van der Waals surface area contributed by atoms with E-state index >= 15 is 0 Å². The molecule has 1 aliphatic rings. The summed E-state index contributed by atoms with van der Waals surface area (Å²) in [5.74, 6) is -0.0317. The van der Waals surface area contributed by atoms with E-state index in [0.717, 1.165) is 30.8 Å². The molecule has 0 aromatic carbocycles. The Kier molecular flexibility index (Phi) is 5.81. The van der Waals surface area contributed by atoms with Gasteiger partial charge in [-0.3, -0.25) is 0 Å². The minimum absolute atomic E-state index is 0.0166. The largest absolute Gasteiger partial charge is 0.329 e. The Hall–Kier alpha value is -0.700. The number of anilines is 1. The van der Waals surface area contributed by atoms with Gasteiger partial charge in [0.05, 0.1) is 5.75 Å². The number of aromatic nitrogens is 1. The van der Waals surface area contributed by atoms with Gasteiger partial charge in [0.25, 0.3) is 0 Å². The Morgan fingerprint density at radius 3 is 2.55 bits per heavy atom. The molecule has 6 nitrogen and oxygen atoms in total. The summed E-state index contributed by atoms with van der Waals surface area (Å²) in [6, 6.07) is 0.481. The fourth-order valence-corrected chi connectivity index (χ4v) is 5.47. The molecule has 0 saturated carbocycles. The van der Waals surface area contributed by atoms with Gasteiger partial charge < -0.3 is 10.6 Å². The van der Waals surface area contributed by atoms with Crippen LogP contribution >= 0.6 is 11.3 Å². The van der Waals surface area contributed by atoms with Crippen LogP contribution in [0, 0.1) is 6.92 Å². The van der Waals surface area contributed by atoms with E-state index in [2.05, 4.69) is 23.7 Å². The molecule has 2 heterocycles. The van der Waals surface area contributed by atoms with Crippen molar-refractivity contribution in [1.29, 1.82) is 0 Å². The highest BCUT2D eigenvalue weighted by Gasteiger charge is 2.34. The van der Waals surface area contributed by atoms with Crippen LogP contribution in [0.15, 0.2) is 6.20 Å². The first-order valence-electron chi connectivity index (χ1n) is 7.74. The lowest BCUT2D eigenvalue weighted by atomic mass is 10.0. The molecule has 0 atom stereocenters. The number of rotatable bonds is 6. The molecule has 1 aromatic heterocycles. The molecule has 0 unspecified atom stereocenters. The summed E-state index contributed by atoms with van der Waals surface area (Å²) in [5.41, 5.74) is 5.50. The second-order valence-corrected chi connectivity index (χ2v) is 9.19. The third-order valence-corrected chi connectivity index (χ3v) is 6.88. The van der Waals surface area contributed by atoms with Crippen LogP contribution in [0.4, 0.5) is 5.13 Å². The quantitative estimate of drug-likeness (QED) is 0.843. The second kappa shape index (κ2) is 7.25. The Morgan fingerprint density at radius 2 is 2.09 bits per heavy atom. The van der Waals surface area contributed by atoms with Gasteiger partial charge in [0, 0.05) is 42.8 Å². The smallest absolute Gasteiger partial charge is 0.238 e. The molecule has 1 aromatic rings. The molecule has 0 aliphatic carbocycles. The summed E-state index contributed by atoms with van der Waals surface area (Å²) >= 11 is 1.43. The van der Waals surface area contributed by atoms with Gasteiger partial charge in [0.15, 0.2) is 5.13 Å². The van der Waals surface area contributed by atoms with Crippen molar-refractivity contribution in [1.82, 2.24) is 9.88 Å². The van der Waals surface area contributed by atoms with Gasteiger partial charge in [0.1, 0.15) is 0 Å². The molecule has 1 saturated heterocycles. The fraction of sp³-hybridized carbons (Fsp3) is 0.786. The Bertz CT molecular complexity index is 577. The summed E-state index contributed by atoms with van der Waals surface area (Å²) in [5, 5.41) is 0.578. The van der Waals surface area contributed by atoms with E-state index in [1.165, 1.54) is 15.6 Å². The predicted octanol–water partition coefficient (Wildman–Crippen LogP) is 1.42. The first-order valence-corrected chi connectivity index (χ1v) is 10.2. The van der Waals surface area contributed by atoms with E-state index in [1.807, 2.05) is 6.92 Å². The van der Waals surface area contributed by atoms with E-state index in [-0.39, 0.29) is 18.3 Å². The van der Waals surface area contributed by atoms with Crippen molar-refractivity contribution in [2.45, 2.75) is 45.7 Å². The number of hydrogen-bond acceptors (Lipinski definition) is 6. The Morgan fingerprint density at radius 1 is 1.45 bits per heavy atom. The summed E-state index contributed by atoms with van der Waals surface area (Å²) < 4.78 is 26.8. The van der Waals surface area contributed by atoms with E-state index in [0.29, 0.717) is 11.2 Å². The third-order valence-electron chi connectivity index (χ3n) is 4.03. The normalized spacial score (nSPS) is 18.0. The van der Waals surface area contributed by atoms with Crippen LogP contribution in [0.2, 0.25) is 0 Å². The number of likely N-dealkylation sites (tertiary alicyclic amines) is 1. The van der Waals surface area contributed by atoms with Gasteiger partial charge in [-0.1, -0.05) is 0 Å². The van der Waals surface area contributed by atoms with Crippen LogP contribution in [-0.4, -0.2) is 55.8 Å². The zero-order chi connectivity index (χ0) is 16.3. The average molecular weight is 347 g/mol. The number of hydrogen-bond donors (Lipinski definition) is 1. The van der Waals surface area contributed by atoms with Crippen LogP contribution in [0.1, 0.15) is 31.6 Å². The monoisotopic (exact) mass is 346 g/mol. The Balaban J connectivity index is 2.23. The number of nitrogens with zero attached hydrogens (tertiary/aromatic N) is 3. The molecule has 8 heteroatoms. The summed E-state index contributed by atoms with van der Waals surface area (Å²) in [7, 11) is -3.41. The standard InChI is InChI=1S/C14H26N4O2S2/c1-11(2)17-7-4-13(5-8-17)18(22(19,20)9-6-15)14-16-10-12(3)21-14/h10-11,13H,4-9,15H2,1-3H3. The van der Waals surface area contributed by atoms with E-state index in [9.17, 15) is 8.42 Å². The summed E-state index contributed by atoms with van der Waals surface area (Å²) in [6.07, 6.45) is 3.40. The molecule has 0 spiro atoms. The average Bonchev–Trinajstić information content (AvgIpc) is 2.85. The van der Waals surface area contributed by atoms with Gasteiger partial charge in [-0.15, -0.1) is 11.3 Å². The van der Waals surface area contributed by atoms with Gasteiger partial charge in [-0.25, -0.2) is 17.7 Å². The number of thiazole rings is 1. The topological polar surface area (TPSA) is 79.5 Å². The van der Waals surface area contributed by atoms with E-state index < -0.39 is 10.0 Å². The molecular formula is C14H26N4O2S2. The molecule has 1 aliphatic heterocycles. The first-order chi connectivity index (χ1) is 10.3. The van der Waals surface area contributed by atoms with Crippen molar-refractivity contribution in [2.75, 3.05) is 29.7 Å². The van der Waals surface area contributed by atoms with Gasteiger partial charge >= 0.3 is 0 Å². The highest BCUT2D eigenvalue weighted by molar-refractivity contribution is 7.93. The van der Waals surface area contributed by atoms with Gasteiger partial charge in [-0.2, -0.15) is 0 Å². The minimum Gasteiger partial charge on any atom is -0.329 e. The first kappa shape index (κ1) is 17.7. The van der Waals surface area contributed by atoms with Crippen molar-refractivity contribution < 1.29 is 8.42 Å². The number of aryl methyl sites for hydroxylation is 1. The van der Waals surface area contributed by atoms with Crippen LogP contribution in [0.5, 0.6) is 0 Å². The summed E-state index contributed by atoms with van der Waals surface area (Å²) in [4.78, 5) is 7.71. The lowest BCUT2D eigenvalue weighted by Gasteiger charge is -2.39. The summed E-state index contributed by atoms with van der Waals surface area (Å²) in [6.45, 7) is 8.26. The van der Waals surface area contributed by atoms with Crippen molar-refractivity contribution in [2.24, 2.45) is 5.73 Å². The van der Waals surface area contributed by atoms with E-state index in [1.54, 1.807) is 6.20 Å². The molecule has 126 valence electrons. The highest BCUT2D eigenvalue weighted by Crippen LogP contribution is 2.30. The molecule has 2 rings (SSSR count). The maximum absolute atomic E-state index is 12.7. The van der Waals surface area contributed by atoms with Crippen LogP contribution < -0.4 is 10.0 Å². The fourth-order valence-electron chi connectivity index (χ4n) is 2.83. The predicted molar refractivity (Wildman–Crippen MR) is 91.9 cm³/mol. The maximum Gasteiger partial charge on any atom is 0.238 e. The molecule has 1 fully saturated rings. The van der Waals surface area contributed by atoms with Gasteiger partial charge in [0.2, 0.25) is 10.0 Å². The third kappa shape index (κ3) is 3.98. The Labute approximate surface area is 137 Å². The zero-order valence-corrected chi connectivity index (χ0v) is 15.2. The van der Waals surface area contributed by atoms with Crippen LogP contribution in [0.25, 0.3) is 0 Å². The minimum atomic E-state index is -3.41. The lowest BCUT2D eigenvalue weighted by molar-refractivity contribution is 0.174. The van der Waals surface area contributed by atoms with Crippen molar-refractivity contribution in [3.63, 3.8) is 0 Å². The molecule has 2 N–H and O–H groups in total. The number of piperidine rings is 1. The second-order valence-electron chi connectivity index (χ2n) is 6.01. The SMILES string of the molecule is Cc1cnc(N(C2CCN(C(C)C)CC2)S(=O)(=O)CCN)s1. The van der Waals surface area contributed by atoms with Crippen molar-refractivity contribution >= 4 is 26.5 Å². The van der Waals surface area contributed by atoms with E-state index in [4.69, 9.17) is 5.73 Å². The molecular weight excluding hydrogens is 320 g/mol. The van der Waals surface area contributed by atoms with Crippen molar-refractivity contribution in [3.05, 3.63) is 11.1 Å². The van der Waals surface area contributed by atoms with Gasteiger partial charge in [-0.05, 0) is 33.6 Å². The van der Waals surface area contributed by atoms with Crippen LogP contribution in [0.3, 0.4) is 0 Å². The number of sulfonamides is 1. The molecule has 0 amide bonds.